The van der Waals surface area contributed by atoms with Gasteiger partial charge in [0.25, 0.3) is 0 Å². The van der Waals surface area contributed by atoms with Crippen molar-refractivity contribution in [1.82, 2.24) is 19.1 Å². The molecule has 1 N–H and O–H groups in total. The number of hydrogen-bond acceptors (Lipinski definition) is 5. The molecule has 188 valence electrons. The van der Waals surface area contributed by atoms with E-state index < -0.39 is 21.2 Å². The van der Waals surface area contributed by atoms with Crippen LogP contribution in [-0.2, 0) is 27.8 Å². The standard InChI is InChI=1S/C26H27ClN4O3S2/c1-3-11-30-16-20(15-28-30)31-17(2)26(23-10-7-19(27)14-24(23)31)35-21-6-4-5-18(12-21)13-25(32)29-36(33,34)22-8-9-22/h4-7,10,12,14-16,22H,3,8-9,11,13H2,1-2H3,(H,29,32). The van der Waals surface area contributed by atoms with E-state index in [0.29, 0.717) is 17.9 Å². The molecule has 0 unspecified atom stereocenters. The quantitative estimate of drug-likeness (QED) is 0.302. The Balaban J connectivity index is 1.44. The second kappa shape index (κ2) is 9.95. The van der Waals surface area contributed by atoms with Gasteiger partial charge in [-0.3, -0.25) is 14.2 Å². The number of amides is 1. The van der Waals surface area contributed by atoms with Crippen LogP contribution in [0.4, 0.5) is 0 Å². The number of nitrogens with zero attached hydrogens (tertiary/aromatic N) is 3. The summed E-state index contributed by atoms with van der Waals surface area (Å²) in [6.45, 7) is 5.05. The van der Waals surface area contributed by atoms with Gasteiger partial charge < -0.3 is 4.57 Å². The van der Waals surface area contributed by atoms with Crippen LogP contribution in [0.15, 0.2) is 64.6 Å². The Kier molecular flexibility index (Phi) is 6.89. The van der Waals surface area contributed by atoms with Crippen LogP contribution in [-0.4, -0.2) is 33.9 Å². The molecule has 1 amide bonds. The molecule has 36 heavy (non-hydrogen) atoms. The highest BCUT2D eigenvalue weighted by Gasteiger charge is 2.36. The van der Waals surface area contributed by atoms with Gasteiger partial charge in [0.2, 0.25) is 15.9 Å². The summed E-state index contributed by atoms with van der Waals surface area (Å²) in [5, 5.41) is 5.81. The van der Waals surface area contributed by atoms with E-state index in [1.54, 1.807) is 11.8 Å². The minimum absolute atomic E-state index is 0.00725. The number of halogens is 1. The lowest BCUT2D eigenvalue weighted by Gasteiger charge is -2.08. The Morgan fingerprint density at radius 3 is 2.78 bits per heavy atom. The van der Waals surface area contributed by atoms with Crippen molar-refractivity contribution in [3.63, 3.8) is 0 Å². The van der Waals surface area contributed by atoms with E-state index in [4.69, 9.17) is 11.6 Å². The van der Waals surface area contributed by atoms with E-state index in [1.165, 1.54) is 0 Å². The van der Waals surface area contributed by atoms with Crippen LogP contribution >= 0.6 is 23.4 Å². The number of rotatable bonds is 9. The van der Waals surface area contributed by atoms with Crippen molar-refractivity contribution in [2.45, 2.75) is 61.1 Å². The molecule has 2 aromatic carbocycles. The van der Waals surface area contributed by atoms with Gasteiger partial charge in [-0.2, -0.15) is 5.10 Å². The van der Waals surface area contributed by atoms with E-state index in [-0.39, 0.29) is 6.42 Å². The lowest BCUT2D eigenvalue weighted by atomic mass is 10.1. The predicted molar refractivity (Wildman–Crippen MR) is 143 cm³/mol. The van der Waals surface area contributed by atoms with E-state index >= 15 is 0 Å². The van der Waals surface area contributed by atoms with E-state index in [2.05, 4.69) is 28.2 Å². The fraction of sp³-hybridized carbons (Fsp3) is 0.308. The molecule has 0 aliphatic heterocycles. The zero-order valence-electron chi connectivity index (χ0n) is 20.1. The minimum Gasteiger partial charge on any atom is -0.310 e. The molecule has 1 aliphatic carbocycles. The summed E-state index contributed by atoms with van der Waals surface area (Å²) in [7, 11) is -3.55. The molecule has 1 fully saturated rings. The SMILES string of the molecule is CCCn1cc(-n2c(C)c(Sc3cccc(CC(=O)NS(=O)(=O)C4CC4)c3)c3ccc(Cl)cc32)cn1. The lowest BCUT2D eigenvalue weighted by Crippen LogP contribution is -2.34. The Labute approximate surface area is 219 Å². The van der Waals surface area contributed by atoms with Crippen LogP contribution in [0, 0.1) is 6.92 Å². The van der Waals surface area contributed by atoms with Crippen LogP contribution < -0.4 is 4.72 Å². The third kappa shape index (κ3) is 5.19. The molecular weight excluding hydrogens is 516 g/mol. The largest absolute Gasteiger partial charge is 0.310 e. The smallest absolute Gasteiger partial charge is 0.237 e. The van der Waals surface area contributed by atoms with Crippen LogP contribution in [0.3, 0.4) is 0 Å². The van der Waals surface area contributed by atoms with Crippen molar-refractivity contribution in [1.29, 1.82) is 0 Å². The number of carbonyl (C=O) groups excluding carboxylic acids is 1. The van der Waals surface area contributed by atoms with Crippen LogP contribution in [0.2, 0.25) is 5.02 Å². The summed E-state index contributed by atoms with van der Waals surface area (Å²) in [5.74, 6) is -0.504. The molecule has 1 aliphatic rings. The second-order valence-corrected chi connectivity index (χ2v) is 12.5. The molecule has 4 aromatic rings. The number of benzene rings is 2. The molecule has 0 saturated heterocycles. The average molecular weight is 543 g/mol. The zero-order valence-corrected chi connectivity index (χ0v) is 22.5. The predicted octanol–water partition coefficient (Wildman–Crippen LogP) is 5.50. The van der Waals surface area contributed by atoms with Crippen LogP contribution in [0.5, 0.6) is 0 Å². The Hall–Kier alpha value is -2.75. The summed E-state index contributed by atoms with van der Waals surface area (Å²) < 4.78 is 30.5. The van der Waals surface area contributed by atoms with Crippen LogP contribution in [0.25, 0.3) is 16.6 Å². The normalized spacial score (nSPS) is 13.9. The molecule has 0 atom stereocenters. The van der Waals surface area contributed by atoms with Gasteiger partial charge in [0, 0.05) is 38.6 Å². The molecule has 5 rings (SSSR count). The highest BCUT2D eigenvalue weighted by atomic mass is 35.5. The highest BCUT2D eigenvalue weighted by molar-refractivity contribution is 7.99. The summed E-state index contributed by atoms with van der Waals surface area (Å²) >= 11 is 7.98. The first-order chi connectivity index (χ1) is 17.2. The summed E-state index contributed by atoms with van der Waals surface area (Å²) in [6.07, 6.45) is 6.15. The van der Waals surface area contributed by atoms with E-state index in [1.807, 2.05) is 59.5 Å². The fourth-order valence-electron chi connectivity index (χ4n) is 4.32. The number of aryl methyl sites for hydroxylation is 1. The maximum atomic E-state index is 12.4. The number of nitrogens with one attached hydrogen (secondary N) is 1. The van der Waals surface area contributed by atoms with Gasteiger partial charge >= 0.3 is 0 Å². The summed E-state index contributed by atoms with van der Waals surface area (Å²) in [6, 6.07) is 13.5. The molecule has 0 radical (unpaired) electrons. The first kappa shape index (κ1) is 24.9. The summed E-state index contributed by atoms with van der Waals surface area (Å²) in [5.41, 5.74) is 3.79. The number of fused-ring (bicyclic) bond motifs is 1. The summed E-state index contributed by atoms with van der Waals surface area (Å²) in [4.78, 5) is 14.4. The van der Waals surface area contributed by atoms with Gasteiger partial charge in [-0.25, -0.2) is 8.42 Å². The number of carbonyl (C=O) groups is 1. The van der Waals surface area contributed by atoms with E-state index in [9.17, 15) is 13.2 Å². The third-order valence-electron chi connectivity index (χ3n) is 6.14. The monoisotopic (exact) mass is 542 g/mol. The maximum absolute atomic E-state index is 12.4. The minimum atomic E-state index is -3.55. The maximum Gasteiger partial charge on any atom is 0.237 e. The highest BCUT2D eigenvalue weighted by Crippen LogP contribution is 2.40. The van der Waals surface area contributed by atoms with Crippen molar-refractivity contribution in [3.05, 3.63) is 71.1 Å². The molecule has 0 bridgehead atoms. The number of sulfonamides is 1. The molecule has 2 heterocycles. The van der Waals surface area contributed by atoms with E-state index in [0.717, 1.165) is 50.6 Å². The lowest BCUT2D eigenvalue weighted by molar-refractivity contribution is -0.118. The van der Waals surface area contributed by atoms with Gasteiger partial charge in [0.05, 0.1) is 29.1 Å². The van der Waals surface area contributed by atoms with Gasteiger partial charge in [0.1, 0.15) is 0 Å². The molecule has 1 saturated carbocycles. The third-order valence-corrected chi connectivity index (χ3v) is 9.45. The first-order valence-corrected chi connectivity index (χ1v) is 14.6. The molecule has 0 spiro atoms. The van der Waals surface area contributed by atoms with Gasteiger partial charge in [-0.05, 0) is 56.0 Å². The topological polar surface area (TPSA) is 86.0 Å². The number of aromatic nitrogens is 3. The molecule has 2 aromatic heterocycles. The molecule has 7 nitrogen and oxygen atoms in total. The van der Waals surface area contributed by atoms with Gasteiger partial charge in [0.15, 0.2) is 0 Å². The van der Waals surface area contributed by atoms with Crippen molar-refractivity contribution in [2.75, 3.05) is 0 Å². The Bertz CT molecular complexity index is 1550. The fourth-order valence-corrected chi connectivity index (χ4v) is 6.91. The van der Waals surface area contributed by atoms with Crippen molar-refractivity contribution in [3.8, 4) is 5.69 Å². The van der Waals surface area contributed by atoms with Gasteiger partial charge in [-0.15, -0.1) is 0 Å². The van der Waals surface area contributed by atoms with Crippen molar-refractivity contribution < 1.29 is 13.2 Å². The number of hydrogen-bond donors (Lipinski definition) is 1. The molecular formula is C26H27ClN4O3S2. The Morgan fingerprint density at radius 2 is 2.03 bits per heavy atom. The van der Waals surface area contributed by atoms with Crippen LogP contribution in [0.1, 0.15) is 37.4 Å². The molecule has 10 heteroatoms. The van der Waals surface area contributed by atoms with Crippen molar-refractivity contribution >= 4 is 50.2 Å². The average Bonchev–Trinajstić information content (AvgIpc) is 3.54. The Morgan fingerprint density at radius 1 is 1.22 bits per heavy atom. The van der Waals surface area contributed by atoms with Gasteiger partial charge in [-0.1, -0.05) is 48.5 Å². The zero-order chi connectivity index (χ0) is 25.4. The second-order valence-electron chi connectivity index (χ2n) is 9.07. The first-order valence-electron chi connectivity index (χ1n) is 11.9. The van der Waals surface area contributed by atoms with Crippen molar-refractivity contribution in [2.24, 2.45) is 0 Å².